The maximum absolute atomic E-state index is 12.5. The molecule has 11 heteroatoms. The van der Waals surface area contributed by atoms with Gasteiger partial charge in [0.15, 0.2) is 9.84 Å². The smallest absolute Gasteiger partial charge is 0.268 e. The monoisotopic (exact) mass is 480 g/mol. The molecule has 0 amide bonds. The molecular weight excluding hydrogens is 468 g/mol. The fraction of sp³-hybridized carbons (Fsp3) is 0.118. The van der Waals surface area contributed by atoms with E-state index in [2.05, 4.69) is 36.3 Å². The molecule has 0 aliphatic heterocycles. The van der Waals surface area contributed by atoms with Gasteiger partial charge in [0.2, 0.25) is 5.89 Å². The van der Waals surface area contributed by atoms with Crippen LogP contribution in [0.4, 0.5) is 0 Å². The minimum atomic E-state index is -3.63. The van der Waals surface area contributed by atoms with E-state index in [1.807, 2.05) is 12.1 Å². The number of aromatic nitrogens is 4. The van der Waals surface area contributed by atoms with E-state index in [1.165, 1.54) is 19.2 Å². The summed E-state index contributed by atoms with van der Waals surface area (Å²) < 4.78 is 36.6. The Labute approximate surface area is 172 Å². The number of rotatable bonds is 6. The minimum Gasteiger partial charge on any atom is -0.497 e. The molecule has 0 saturated heterocycles. The summed E-state index contributed by atoms with van der Waals surface area (Å²) in [6.07, 6.45) is 0. The zero-order chi connectivity index (χ0) is 19.7. The summed E-state index contributed by atoms with van der Waals surface area (Å²) in [6, 6.07) is 11.8. The van der Waals surface area contributed by atoms with Crippen LogP contribution in [-0.4, -0.2) is 35.9 Å². The van der Waals surface area contributed by atoms with Crippen LogP contribution in [0.2, 0.25) is 0 Å². The van der Waals surface area contributed by atoms with Gasteiger partial charge in [0.1, 0.15) is 17.2 Å². The van der Waals surface area contributed by atoms with Gasteiger partial charge in [-0.15, -0.1) is 21.5 Å². The molecule has 0 aliphatic carbocycles. The van der Waals surface area contributed by atoms with Crippen LogP contribution < -0.4 is 4.74 Å². The van der Waals surface area contributed by atoms with E-state index in [-0.39, 0.29) is 16.7 Å². The molecule has 3 aromatic heterocycles. The number of ether oxygens (including phenoxy) is 1. The molecule has 0 radical (unpaired) electrons. The van der Waals surface area contributed by atoms with E-state index in [0.717, 1.165) is 14.4 Å². The quantitative estimate of drug-likeness (QED) is 0.444. The van der Waals surface area contributed by atoms with Crippen molar-refractivity contribution in [3.05, 3.63) is 52.1 Å². The molecule has 0 fully saturated rings. The second-order valence-corrected chi connectivity index (χ2v) is 10.2. The van der Waals surface area contributed by atoms with Crippen LogP contribution in [0.1, 0.15) is 5.89 Å². The van der Waals surface area contributed by atoms with Crippen LogP contribution in [0, 0.1) is 0 Å². The third-order valence-corrected chi connectivity index (χ3v) is 7.11. The highest BCUT2D eigenvalue weighted by molar-refractivity contribution is 9.11. The topological polar surface area (TPSA) is 111 Å². The average molecular weight is 481 g/mol. The fourth-order valence-electron chi connectivity index (χ4n) is 2.46. The molecule has 4 aromatic rings. The lowest BCUT2D eigenvalue weighted by molar-refractivity contribution is 0.414. The second kappa shape index (κ2) is 7.49. The molecule has 0 atom stereocenters. The Morgan fingerprint density at radius 1 is 1.18 bits per heavy atom. The Balaban J connectivity index is 1.53. The van der Waals surface area contributed by atoms with Crippen LogP contribution in [0.25, 0.3) is 22.2 Å². The van der Waals surface area contributed by atoms with Crippen molar-refractivity contribution in [3.63, 3.8) is 0 Å². The molecule has 0 saturated carbocycles. The predicted molar refractivity (Wildman–Crippen MR) is 107 cm³/mol. The number of halogens is 1. The lowest BCUT2D eigenvalue weighted by Gasteiger charge is -2.03. The van der Waals surface area contributed by atoms with Gasteiger partial charge < -0.3 is 9.15 Å². The van der Waals surface area contributed by atoms with Crippen molar-refractivity contribution in [2.75, 3.05) is 7.11 Å². The van der Waals surface area contributed by atoms with Crippen molar-refractivity contribution in [3.8, 4) is 27.9 Å². The van der Waals surface area contributed by atoms with Crippen molar-refractivity contribution >= 4 is 37.1 Å². The third kappa shape index (κ3) is 3.86. The molecular formula is C17H13BrN4O4S2. The van der Waals surface area contributed by atoms with Gasteiger partial charge in [-0.1, -0.05) is 0 Å². The number of hydrogen-bond donors (Lipinski definition) is 1. The lowest BCUT2D eigenvalue weighted by atomic mass is 10.3. The number of sulfone groups is 1. The SMILES string of the molecule is COc1ccc(S(=O)(=O)Cc2nnc(-c3cc(-c4ccc(Br)s4)[nH]n3)o2)cc1. The first-order valence-electron chi connectivity index (χ1n) is 7.95. The normalized spacial score (nSPS) is 11.6. The maximum Gasteiger partial charge on any atom is 0.268 e. The summed E-state index contributed by atoms with van der Waals surface area (Å²) in [7, 11) is -2.11. The minimum absolute atomic E-state index is 0.00534. The Hall–Kier alpha value is -2.50. The number of aromatic amines is 1. The van der Waals surface area contributed by atoms with Gasteiger partial charge in [0.05, 0.1) is 26.4 Å². The van der Waals surface area contributed by atoms with Crippen LogP contribution >= 0.6 is 27.3 Å². The first kappa shape index (κ1) is 18.8. The summed E-state index contributed by atoms with van der Waals surface area (Å²) in [6.45, 7) is 0. The second-order valence-electron chi connectivity index (χ2n) is 5.71. The maximum atomic E-state index is 12.5. The van der Waals surface area contributed by atoms with Crippen LogP contribution in [0.5, 0.6) is 5.75 Å². The van der Waals surface area contributed by atoms with Crippen LogP contribution in [0.3, 0.4) is 0 Å². The molecule has 8 nitrogen and oxygen atoms in total. The van der Waals surface area contributed by atoms with E-state index in [4.69, 9.17) is 9.15 Å². The fourth-order valence-corrected chi connectivity index (χ4v) is 4.97. The van der Waals surface area contributed by atoms with Gasteiger partial charge in [-0.25, -0.2) is 8.42 Å². The van der Waals surface area contributed by atoms with Crippen molar-refractivity contribution in [1.29, 1.82) is 0 Å². The molecule has 1 N–H and O–H groups in total. The van der Waals surface area contributed by atoms with Gasteiger partial charge in [-0.05, 0) is 58.4 Å². The highest BCUT2D eigenvalue weighted by Crippen LogP contribution is 2.32. The summed E-state index contributed by atoms with van der Waals surface area (Å²) in [4.78, 5) is 1.14. The summed E-state index contributed by atoms with van der Waals surface area (Å²) >= 11 is 4.97. The first-order valence-corrected chi connectivity index (χ1v) is 11.2. The molecule has 144 valence electrons. The van der Waals surface area contributed by atoms with Gasteiger partial charge >= 0.3 is 0 Å². The Bertz CT molecular complexity index is 1210. The van der Waals surface area contributed by atoms with Gasteiger partial charge in [0.25, 0.3) is 5.89 Å². The molecule has 0 spiro atoms. The van der Waals surface area contributed by atoms with Gasteiger partial charge in [0, 0.05) is 0 Å². The highest BCUT2D eigenvalue weighted by Gasteiger charge is 2.21. The van der Waals surface area contributed by atoms with E-state index in [1.54, 1.807) is 29.5 Å². The molecule has 3 heterocycles. The van der Waals surface area contributed by atoms with Crippen molar-refractivity contribution in [2.24, 2.45) is 0 Å². The molecule has 28 heavy (non-hydrogen) atoms. The Morgan fingerprint density at radius 3 is 2.64 bits per heavy atom. The average Bonchev–Trinajstić information content (AvgIpc) is 3.42. The highest BCUT2D eigenvalue weighted by atomic mass is 79.9. The molecule has 0 bridgehead atoms. The standard InChI is InChI=1S/C17H13BrN4O4S2/c1-25-10-2-4-11(5-3-10)28(23,24)9-16-21-22-17(26-16)13-8-12(19-20-13)14-6-7-15(18)27-14/h2-8H,9H2,1H3,(H,19,20). The molecule has 0 aliphatic rings. The first-order chi connectivity index (χ1) is 13.4. The van der Waals surface area contributed by atoms with Crippen LogP contribution in [0.15, 0.2) is 55.6 Å². The number of nitrogens with zero attached hydrogens (tertiary/aromatic N) is 3. The number of methoxy groups -OCH3 is 1. The van der Waals surface area contributed by atoms with Gasteiger partial charge in [-0.3, -0.25) is 5.10 Å². The number of nitrogens with one attached hydrogen (secondary N) is 1. The Kier molecular flexibility index (Phi) is 5.04. The molecule has 0 unspecified atom stereocenters. The zero-order valence-electron chi connectivity index (χ0n) is 14.4. The van der Waals surface area contributed by atoms with E-state index in [0.29, 0.717) is 11.4 Å². The van der Waals surface area contributed by atoms with Crippen molar-refractivity contribution in [2.45, 2.75) is 10.6 Å². The van der Waals surface area contributed by atoms with E-state index < -0.39 is 15.6 Å². The Morgan fingerprint density at radius 2 is 1.96 bits per heavy atom. The van der Waals surface area contributed by atoms with Crippen molar-refractivity contribution in [1.82, 2.24) is 20.4 Å². The zero-order valence-corrected chi connectivity index (χ0v) is 17.6. The number of H-pyrrole nitrogens is 1. The molecule has 4 rings (SSSR count). The van der Waals surface area contributed by atoms with E-state index in [9.17, 15) is 8.42 Å². The molecule has 1 aromatic carbocycles. The largest absolute Gasteiger partial charge is 0.497 e. The summed E-state index contributed by atoms with van der Waals surface area (Å²) in [5.74, 6) is 0.319. The van der Waals surface area contributed by atoms with Gasteiger partial charge in [-0.2, -0.15) is 5.10 Å². The van der Waals surface area contributed by atoms with Crippen molar-refractivity contribution < 1.29 is 17.6 Å². The van der Waals surface area contributed by atoms with E-state index >= 15 is 0 Å². The summed E-state index contributed by atoms with van der Waals surface area (Å²) in [5, 5.41) is 14.8. The predicted octanol–water partition coefficient (Wildman–Crippen LogP) is 3.93. The number of hydrogen-bond acceptors (Lipinski definition) is 8. The summed E-state index contributed by atoms with van der Waals surface area (Å²) in [5.41, 5.74) is 1.25. The lowest BCUT2D eigenvalue weighted by Crippen LogP contribution is -2.05. The number of thiophene rings is 1. The third-order valence-electron chi connectivity index (χ3n) is 3.83. The van der Waals surface area contributed by atoms with Crippen LogP contribution in [-0.2, 0) is 15.6 Å². The number of benzene rings is 1.